The average molecular weight is 453 g/mol. The van der Waals surface area contributed by atoms with Crippen LogP contribution >= 0.6 is 11.6 Å². The van der Waals surface area contributed by atoms with Crippen LogP contribution in [-0.2, 0) is 9.59 Å². The van der Waals surface area contributed by atoms with Gasteiger partial charge >= 0.3 is 0 Å². The van der Waals surface area contributed by atoms with Gasteiger partial charge in [-0.1, -0.05) is 48.4 Å². The Balaban J connectivity index is 2.02. The van der Waals surface area contributed by atoms with E-state index < -0.39 is 17.5 Å². The predicted molar refractivity (Wildman–Crippen MR) is 127 cm³/mol. The molecule has 1 unspecified atom stereocenters. The number of benzene rings is 2. The van der Waals surface area contributed by atoms with Gasteiger partial charge in [-0.15, -0.1) is 0 Å². The summed E-state index contributed by atoms with van der Waals surface area (Å²) in [5.74, 6) is -0.707. The van der Waals surface area contributed by atoms with Gasteiger partial charge in [0.2, 0.25) is 11.8 Å². The summed E-state index contributed by atoms with van der Waals surface area (Å²) < 4.78 is 1.09. The lowest BCUT2D eigenvalue weighted by Crippen LogP contribution is -2.35. The summed E-state index contributed by atoms with van der Waals surface area (Å²) in [6.07, 6.45) is 0.209. The molecule has 0 aliphatic carbocycles. The topological polar surface area (TPSA) is 93.1 Å². The van der Waals surface area contributed by atoms with Crippen LogP contribution in [0.3, 0.4) is 0 Å². The SMILES string of the molecule is CCC(=O)Nc1cc(-c2ccc(Cl)cc2)nn(C(C)C(=O)Nc2ccc(C)cc2C)c1=O. The number of nitrogens with one attached hydrogen (secondary N) is 2. The highest BCUT2D eigenvalue weighted by Crippen LogP contribution is 2.22. The fourth-order valence-electron chi connectivity index (χ4n) is 3.17. The molecule has 3 aromatic rings. The third-order valence-corrected chi connectivity index (χ3v) is 5.31. The van der Waals surface area contributed by atoms with Gasteiger partial charge < -0.3 is 10.6 Å². The van der Waals surface area contributed by atoms with Crippen molar-refractivity contribution < 1.29 is 9.59 Å². The Kier molecular flexibility index (Phi) is 7.10. The summed E-state index contributed by atoms with van der Waals surface area (Å²) in [5, 5.41) is 10.4. The van der Waals surface area contributed by atoms with Gasteiger partial charge in [-0.25, -0.2) is 4.68 Å². The highest BCUT2D eigenvalue weighted by molar-refractivity contribution is 6.30. The zero-order valence-electron chi connectivity index (χ0n) is 18.4. The van der Waals surface area contributed by atoms with Crippen LogP contribution in [0.2, 0.25) is 5.02 Å². The number of aryl methyl sites for hydroxylation is 2. The molecule has 1 heterocycles. The minimum absolute atomic E-state index is 0.0583. The van der Waals surface area contributed by atoms with Gasteiger partial charge in [0.05, 0.1) is 5.69 Å². The van der Waals surface area contributed by atoms with Crippen molar-refractivity contribution in [1.82, 2.24) is 9.78 Å². The van der Waals surface area contributed by atoms with E-state index in [-0.39, 0.29) is 18.0 Å². The van der Waals surface area contributed by atoms with Crippen LogP contribution in [0.1, 0.15) is 37.4 Å². The number of hydrogen-bond acceptors (Lipinski definition) is 4. The van der Waals surface area contributed by atoms with Crippen LogP contribution in [0, 0.1) is 13.8 Å². The molecule has 0 saturated carbocycles. The normalized spacial score (nSPS) is 11.7. The van der Waals surface area contributed by atoms with Crippen LogP contribution < -0.4 is 16.2 Å². The van der Waals surface area contributed by atoms with Crippen molar-refractivity contribution in [2.24, 2.45) is 0 Å². The van der Waals surface area contributed by atoms with Crippen LogP contribution in [0.5, 0.6) is 0 Å². The van der Waals surface area contributed by atoms with E-state index in [1.165, 1.54) is 6.07 Å². The van der Waals surface area contributed by atoms with E-state index in [9.17, 15) is 14.4 Å². The van der Waals surface area contributed by atoms with Gasteiger partial charge in [0.1, 0.15) is 11.7 Å². The van der Waals surface area contributed by atoms with Crippen molar-refractivity contribution in [3.63, 3.8) is 0 Å². The summed E-state index contributed by atoms with van der Waals surface area (Å²) in [5.41, 5.74) is 3.27. The average Bonchev–Trinajstić information content (AvgIpc) is 2.77. The zero-order chi connectivity index (χ0) is 23.4. The molecular weight excluding hydrogens is 428 g/mol. The molecule has 1 atom stereocenters. The number of carbonyl (C=O) groups is 2. The predicted octanol–water partition coefficient (Wildman–Crippen LogP) is 4.73. The highest BCUT2D eigenvalue weighted by Gasteiger charge is 2.22. The molecule has 0 fully saturated rings. The second-order valence-corrected chi connectivity index (χ2v) is 8.02. The fraction of sp³-hybridized carbons (Fsp3) is 0.250. The molecule has 8 heteroatoms. The van der Waals surface area contributed by atoms with E-state index in [0.717, 1.165) is 15.8 Å². The maximum Gasteiger partial charge on any atom is 0.291 e. The van der Waals surface area contributed by atoms with E-state index in [1.807, 2.05) is 32.0 Å². The van der Waals surface area contributed by atoms with E-state index in [1.54, 1.807) is 38.1 Å². The Labute approximate surface area is 191 Å². The number of aromatic nitrogens is 2. The standard InChI is InChI=1S/C24H25ClN4O3/c1-5-22(30)26-21-13-20(17-7-9-18(25)10-8-17)28-29(24(21)32)16(4)23(31)27-19-11-6-14(2)12-15(19)3/h6-13,16H,5H2,1-4H3,(H,26,30)(H,27,31). The van der Waals surface area contributed by atoms with Gasteiger partial charge in [-0.05, 0) is 50.6 Å². The zero-order valence-corrected chi connectivity index (χ0v) is 19.2. The summed E-state index contributed by atoms with van der Waals surface area (Å²) in [6.45, 7) is 7.15. The van der Waals surface area contributed by atoms with Crippen molar-refractivity contribution in [3.8, 4) is 11.3 Å². The molecule has 0 aliphatic rings. The van der Waals surface area contributed by atoms with Crippen molar-refractivity contribution in [2.75, 3.05) is 10.6 Å². The van der Waals surface area contributed by atoms with Crippen LogP contribution in [0.4, 0.5) is 11.4 Å². The lowest BCUT2D eigenvalue weighted by atomic mass is 10.1. The third-order valence-electron chi connectivity index (χ3n) is 5.06. The first kappa shape index (κ1) is 23.2. The first-order valence-corrected chi connectivity index (χ1v) is 10.6. The smallest absolute Gasteiger partial charge is 0.291 e. The second-order valence-electron chi connectivity index (χ2n) is 7.59. The van der Waals surface area contributed by atoms with Gasteiger partial charge in [-0.2, -0.15) is 5.10 Å². The molecule has 166 valence electrons. The van der Waals surface area contributed by atoms with Crippen LogP contribution in [0.25, 0.3) is 11.3 Å². The van der Waals surface area contributed by atoms with Crippen molar-refractivity contribution in [1.29, 1.82) is 0 Å². The highest BCUT2D eigenvalue weighted by atomic mass is 35.5. The number of halogens is 1. The summed E-state index contributed by atoms with van der Waals surface area (Å²) in [7, 11) is 0. The first-order chi connectivity index (χ1) is 15.2. The molecule has 0 radical (unpaired) electrons. The molecule has 2 amide bonds. The second kappa shape index (κ2) is 9.78. The lowest BCUT2D eigenvalue weighted by Gasteiger charge is -2.18. The quantitative estimate of drug-likeness (QED) is 0.565. The minimum Gasteiger partial charge on any atom is -0.324 e. The maximum atomic E-state index is 13.1. The molecule has 0 aliphatic heterocycles. The lowest BCUT2D eigenvalue weighted by molar-refractivity contribution is -0.119. The Morgan fingerprint density at radius 2 is 1.72 bits per heavy atom. The number of anilines is 2. The molecule has 2 N–H and O–H groups in total. The van der Waals surface area contributed by atoms with Crippen molar-refractivity contribution in [2.45, 2.75) is 40.2 Å². The number of amides is 2. The largest absolute Gasteiger partial charge is 0.324 e. The van der Waals surface area contributed by atoms with Crippen molar-refractivity contribution in [3.05, 3.63) is 75.0 Å². The molecule has 0 spiro atoms. The van der Waals surface area contributed by atoms with Gasteiger partial charge in [0.25, 0.3) is 5.56 Å². The molecule has 2 aromatic carbocycles. The van der Waals surface area contributed by atoms with E-state index >= 15 is 0 Å². The first-order valence-electron chi connectivity index (χ1n) is 10.3. The van der Waals surface area contributed by atoms with Gasteiger partial charge in [-0.3, -0.25) is 14.4 Å². The molecule has 3 rings (SSSR count). The van der Waals surface area contributed by atoms with E-state index in [4.69, 9.17) is 11.6 Å². The Morgan fingerprint density at radius 3 is 2.34 bits per heavy atom. The van der Waals surface area contributed by atoms with Gasteiger partial charge in [0, 0.05) is 22.7 Å². The number of carbonyl (C=O) groups excluding carboxylic acids is 2. The monoisotopic (exact) mass is 452 g/mol. The minimum atomic E-state index is -0.923. The molecule has 0 saturated heterocycles. The van der Waals surface area contributed by atoms with Crippen molar-refractivity contribution >= 4 is 34.8 Å². The number of hydrogen-bond donors (Lipinski definition) is 2. The molecule has 1 aromatic heterocycles. The Morgan fingerprint density at radius 1 is 1.03 bits per heavy atom. The molecular formula is C24H25ClN4O3. The van der Waals surface area contributed by atoms with Crippen LogP contribution in [-0.4, -0.2) is 21.6 Å². The van der Waals surface area contributed by atoms with E-state index in [2.05, 4.69) is 15.7 Å². The Bertz CT molecular complexity index is 1220. The fourth-order valence-corrected chi connectivity index (χ4v) is 3.29. The molecule has 32 heavy (non-hydrogen) atoms. The third kappa shape index (κ3) is 5.23. The van der Waals surface area contributed by atoms with E-state index in [0.29, 0.717) is 22.0 Å². The summed E-state index contributed by atoms with van der Waals surface area (Å²) >= 11 is 5.98. The van der Waals surface area contributed by atoms with Crippen LogP contribution in [0.15, 0.2) is 53.3 Å². The summed E-state index contributed by atoms with van der Waals surface area (Å²) in [6, 6.07) is 13.2. The summed E-state index contributed by atoms with van der Waals surface area (Å²) in [4.78, 5) is 38.0. The molecule has 7 nitrogen and oxygen atoms in total. The number of nitrogens with zero attached hydrogens (tertiary/aromatic N) is 2. The van der Waals surface area contributed by atoms with Gasteiger partial charge in [0.15, 0.2) is 0 Å². The molecule has 0 bridgehead atoms. The maximum absolute atomic E-state index is 13.1. The Hall–Kier alpha value is -3.45. The number of rotatable bonds is 6.